The number of aliphatic hydroxyl groups excluding tert-OH is 1. The van der Waals surface area contributed by atoms with Crippen LogP contribution in [0.3, 0.4) is 0 Å². The maximum absolute atomic E-state index is 12.9. The lowest BCUT2D eigenvalue weighted by molar-refractivity contribution is 0.0997. The number of aryl methyl sites for hydroxylation is 2. The van der Waals surface area contributed by atoms with Gasteiger partial charge in [-0.2, -0.15) is 0 Å². The van der Waals surface area contributed by atoms with Gasteiger partial charge in [-0.15, -0.1) is 0 Å². The Morgan fingerprint density at radius 2 is 1.81 bits per heavy atom. The van der Waals surface area contributed by atoms with Crippen LogP contribution in [0.5, 0.6) is 0 Å². The van der Waals surface area contributed by atoms with Crippen molar-refractivity contribution in [1.82, 2.24) is 0 Å². The fraction of sp³-hybridized carbons (Fsp3) is 0.647. The van der Waals surface area contributed by atoms with Crippen molar-refractivity contribution in [3.05, 3.63) is 29.3 Å². The zero-order valence-electron chi connectivity index (χ0n) is 13.3. The highest BCUT2D eigenvalue weighted by Gasteiger charge is 2.39. The minimum absolute atomic E-state index is 0.346. The Morgan fingerprint density at radius 1 is 1.14 bits per heavy atom. The summed E-state index contributed by atoms with van der Waals surface area (Å²) >= 11 is 0. The van der Waals surface area contributed by atoms with E-state index in [2.05, 4.69) is 13.8 Å². The Kier molecular flexibility index (Phi) is 4.79. The summed E-state index contributed by atoms with van der Waals surface area (Å²) in [5, 5.41) is 9.54. The lowest BCUT2D eigenvalue weighted by Crippen LogP contribution is -2.41. The minimum atomic E-state index is -3.47. The fourth-order valence-corrected chi connectivity index (χ4v) is 5.15. The Bertz CT molecular complexity index is 604. The van der Waals surface area contributed by atoms with Crippen LogP contribution in [0.1, 0.15) is 44.2 Å². The average Bonchev–Trinajstić information content (AvgIpc) is 2.41. The molecule has 1 aromatic rings. The van der Waals surface area contributed by atoms with Crippen molar-refractivity contribution in [2.45, 2.75) is 63.2 Å². The maximum atomic E-state index is 12.9. The molecule has 0 heterocycles. The highest BCUT2D eigenvalue weighted by Crippen LogP contribution is 2.36. The van der Waals surface area contributed by atoms with E-state index in [0.29, 0.717) is 29.6 Å². The quantitative estimate of drug-likeness (QED) is 0.932. The molecule has 0 bridgehead atoms. The molecule has 0 spiro atoms. The third-order valence-electron chi connectivity index (χ3n) is 4.95. The van der Waals surface area contributed by atoms with Crippen molar-refractivity contribution < 1.29 is 13.5 Å². The Morgan fingerprint density at radius 3 is 2.38 bits per heavy atom. The molecule has 3 atom stereocenters. The smallest absolute Gasteiger partial charge is 0.183 e. The van der Waals surface area contributed by atoms with Gasteiger partial charge in [-0.05, 0) is 68.2 Å². The van der Waals surface area contributed by atoms with Gasteiger partial charge in [-0.1, -0.05) is 19.9 Å². The van der Waals surface area contributed by atoms with E-state index in [1.54, 1.807) is 12.1 Å². The summed E-state index contributed by atoms with van der Waals surface area (Å²) in [6.07, 6.45) is 1.32. The van der Waals surface area contributed by atoms with Crippen LogP contribution < -0.4 is 0 Å². The van der Waals surface area contributed by atoms with Gasteiger partial charge in [0.15, 0.2) is 9.84 Å². The molecule has 0 amide bonds. The van der Waals surface area contributed by atoms with Crippen molar-refractivity contribution in [2.24, 2.45) is 11.8 Å². The van der Waals surface area contributed by atoms with Gasteiger partial charge in [-0.3, -0.25) is 0 Å². The molecule has 1 saturated carbocycles. The van der Waals surface area contributed by atoms with E-state index in [-0.39, 0.29) is 0 Å². The number of benzene rings is 1. The van der Waals surface area contributed by atoms with Gasteiger partial charge in [0.2, 0.25) is 0 Å². The van der Waals surface area contributed by atoms with Crippen LogP contribution in [-0.2, 0) is 9.84 Å². The van der Waals surface area contributed by atoms with Crippen molar-refractivity contribution in [3.8, 4) is 0 Å². The summed E-state index contributed by atoms with van der Waals surface area (Å²) in [7, 11) is -3.47. The first-order valence-corrected chi connectivity index (χ1v) is 9.27. The van der Waals surface area contributed by atoms with E-state index in [1.807, 2.05) is 19.9 Å². The number of hydrogen-bond donors (Lipinski definition) is 1. The second-order valence-corrected chi connectivity index (χ2v) is 8.88. The molecule has 1 aliphatic carbocycles. The summed E-state index contributed by atoms with van der Waals surface area (Å²) in [6, 6.07) is 5.25. The third-order valence-corrected chi connectivity index (χ3v) is 7.16. The first-order valence-electron chi connectivity index (χ1n) is 7.72. The van der Waals surface area contributed by atoms with E-state index in [4.69, 9.17) is 0 Å². The van der Waals surface area contributed by atoms with Crippen molar-refractivity contribution in [1.29, 1.82) is 0 Å². The largest absolute Gasteiger partial charge is 0.392 e. The number of sulfone groups is 1. The van der Waals surface area contributed by atoms with E-state index in [9.17, 15) is 13.5 Å². The first-order chi connectivity index (χ1) is 9.73. The predicted octanol–water partition coefficient (Wildman–Crippen LogP) is 3.26. The fourth-order valence-electron chi connectivity index (χ4n) is 3.15. The van der Waals surface area contributed by atoms with Gasteiger partial charge >= 0.3 is 0 Å². The molecular formula is C17H26O3S. The summed E-state index contributed by atoms with van der Waals surface area (Å²) in [4.78, 5) is 0.346. The van der Waals surface area contributed by atoms with Gasteiger partial charge in [0.05, 0.1) is 16.2 Å². The minimum Gasteiger partial charge on any atom is -0.392 e. The van der Waals surface area contributed by atoms with Crippen LogP contribution in [0.15, 0.2) is 23.1 Å². The van der Waals surface area contributed by atoms with Crippen LogP contribution in [0.4, 0.5) is 0 Å². The molecule has 0 radical (unpaired) electrons. The Balaban J connectivity index is 2.34. The maximum Gasteiger partial charge on any atom is 0.183 e. The number of hydrogen-bond acceptors (Lipinski definition) is 3. The molecule has 2 rings (SSSR count). The highest BCUT2D eigenvalue weighted by atomic mass is 32.2. The molecule has 3 nitrogen and oxygen atoms in total. The standard InChI is InChI=1S/C17H26O3S/c1-11(2)14-6-8-16(18)17(10-14)21(19,20)15-7-5-12(3)13(4)9-15/h5,7,9,11,14,16-18H,6,8,10H2,1-4H3. The Labute approximate surface area is 128 Å². The summed E-state index contributed by atoms with van der Waals surface area (Å²) in [5.74, 6) is 0.828. The second kappa shape index (κ2) is 6.09. The molecule has 1 N–H and O–H groups in total. The Hall–Kier alpha value is -0.870. The predicted molar refractivity (Wildman–Crippen MR) is 85.1 cm³/mol. The van der Waals surface area contributed by atoms with Crippen molar-refractivity contribution in [2.75, 3.05) is 0 Å². The molecule has 118 valence electrons. The first kappa shape index (κ1) is 16.5. The molecule has 3 unspecified atom stereocenters. The van der Waals surface area contributed by atoms with E-state index < -0.39 is 21.2 Å². The molecule has 21 heavy (non-hydrogen) atoms. The summed E-state index contributed by atoms with van der Waals surface area (Å²) in [5.41, 5.74) is 2.06. The summed E-state index contributed by atoms with van der Waals surface area (Å²) in [6.45, 7) is 8.14. The number of aliphatic hydroxyl groups is 1. The van der Waals surface area contributed by atoms with Crippen molar-refractivity contribution in [3.63, 3.8) is 0 Å². The lowest BCUT2D eigenvalue weighted by atomic mass is 9.80. The van der Waals surface area contributed by atoms with E-state index in [1.165, 1.54) is 0 Å². The monoisotopic (exact) mass is 310 g/mol. The average molecular weight is 310 g/mol. The lowest BCUT2D eigenvalue weighted by Gasteiger charge is -2.35. The van der Waals surface area contributed by atoms with Gasteiger partial charge in [0.1, 0.15) is 0 Å². The zero-order chi connectivity index (χ0) is 15.8. The van der Waals surface area contributed by atoms with Crippen LogP contribution in [0.25, 0.3) is 0 Å². The summed E-state index contributed by atoms with van der Waals surface area (Å²) < 4.78 is 25.7. The normalized spacial score (nSPS) is 27.0. The molecule has 0 saturated heterocycles. The third kappa shape index (κ3) is 3.32. The van der Waals surface area contributed by atoms with Gasteiger partial charge < -0.3 is 5.11 Å². The van der Waals surface area contributed by atoms with Gasteiger partial charge in [0, 0.05) is 0 Å². The van der Waals surface area contributed by atoms with Crippen molar-refractivity contribution >= 4 is 9.84 Å². The molecular weight excluding hydrogens is 284 g/mol. The molecule has 1 aromatic carbocycles. The SMILES string of the molecule is Cc1ccc(S(=O)(=O)C2CC(C(C)C)CCC2O)cc1C. The van der Waals surface area contributed by atoms with Crippen LogP contribution >= 0.6 is 0 Å². The zero-order valence-corrected chi connectivity index (χ0v) is 14.2. The van der Waals surface area contributed by atoms with E-state index >= 15 is 0 Å². The molecule has 1 fully saturated rings. The topological polar surface area (TPSA) is 54.4 Å². The molecule has 1 aliphatic rings. The van der Waals surface area contributed by atoms with Gasteiger partial charge in [-0.25, -0.2) is 8.42 Å². The molecule has 4 heteroatoms. The second-order valence-electron chi connectivity index (χ2n) is 6.71. The number of rotatable bonds is 3. The highest BCUT2D eigenvalue weighted by molar-refractivity contribution is 7.92. The van der Waals surface area contributed by atoms with Crippen LogP contribution in [0.2, 0.25) is 0 Å². The molecule has 0 aromatic heterocycles. The molecule has 0 aliphatic heterocycles. The van der Waals surface area contributed by atoms with Crippen LogP contribution in [-0.4, -0.2) is 24.9 Å². The van der Waals surface area contributed by atoms with Gasteiger partial charge in [0.25, 0.3) is 0 Å². The van der Waals surface area contributed by atoms with E-state index in [0.717, 1.165) is 17.5 Å². The van der Waals surface area contributed by atoms with Crippen LogP contribution in [0, 0.1) is 25.7 Å².